The van der Waals surface area contributed by atoms with Crippen LogP contribution in [0.25, 0.3) is 0 Å². The fourth-order valence-electron chi connectivity index (χ4n) is 3.28. The summed E-state index contributed by atoms with van der Waals surface area (Å²) in [6, 6.07) is 7.34. The monoisotopic (exact) mass is 400 g/mol. The summed E-state index contributed by atoms with van der Waals surface area (Å²) >= 11 is 5.98. The fraction of sp³-hybridized carbons (Fsp3) is 0.632. The Hall–Kier alpha value is -1.11. The molecule has 1 aliphatic heterocycles. The van der Waals surface area contributed by atoms with E-state index in [-0.39, 0.29) is 41.5 Å². The molecule has 26 heavy (non-hydrogen) atoms. The van der Waals surface area contributed by atoms with Crippen molar-refractivity contribution in [1.29, 1.82) is 0 Å². The maximum absolute atomic E-state index is 12.6. The smallest absolute Gasteiger partial charge is 0.234 e. The Labute approximate surface area is 162 Å². The molecule has 1 heterocycles. The molecule has 2 rings (SSSR count). The van der Waals surface area contributed by atoms with E-state index in [2.05, 4.69) is 26.1 Å². The molecule has 0 bridgehead atoms. The molecule has 5 nitrogen and oxygen atoms in total. The molecule has 1 aromatic carbocycles. The van der Waals surface area contributed by atoms with Crippen molar-refractivity contribution < 1.29 is 13.2 Å². The minimum absolute atomic E-state index is 0.0447. The van der Waals surface area contributed by atoms with Gasteiger partial charge in [-0.05, 0) is 43.0 Å². The SMILES string of the molecule is CN(CC(=O)N[C@@H](CC(C)(C)C)c1ccc(Cl)cc1)[C@@H]1CCS(=O)(=O)C1. The van der Waals surface area contributed by atoms with Gasteiger partial charge in [-0.15, -0.1) is 0 Å². The lowest BCUT2D eigenvalue weighted by atomic mass is 9.85. The van der Waals surface area contributed by atoms with Crippen molar-refractivity contribution in [3.63, 3.8) is 0 Å². The summed E-state index contributed by atoms with van der Waals surface area (Å²) in [4.78, 5) is 14.4. The van der Waals surface area contributed by atoms with Crippen molar-refractivity contribution in [3.8, 4) is 0 Å². The van der Waals surface area contributed by atoms with Crippen LogP contribution in [0.5, 0.6) is 0 Å². The molecule has 1 aliphatic rings. The van der Waals surface area contributed by atoms with Crippen LogP contribution in [0.1, 0.15) is 45.2 Å². The van der Waals surface area contributed by atoms with Crippen molar-refractivity contribution >= 4 is 27.3 Å². The summed E-state index contributed by atoms with van der Waals surface area (Å²) in [6.07, 6.45) is 1.39. The number of benzene rings is 1. The molecule has 0 spiro atoms. The molecule has 1 amide bonds. The van der Waals surface area contributed by atoms with Gasteiger partial charge < -0.3 is 5.32 Å². The molecule has 0 aliphatic carbocycles. The van der Waals surface area contributed by atoms with Crippen LogP contribution in [0.2, 0.25) is 5.02 Å². The normalized spacial score (nSPS) is 20.9. The first kappa shape index (κ1) is 21.2. The molecule has 146 valence electrons. The van der Waals surface area contributed by atoms with Gasteiger partial charge in [0.2, 0.25) is 5.91 Å². The van der Waals surface area contributed by atoms with Crippen molar-refractivity contribution in [3.05, 3.63) is 34.9 Å². The van der Waals surface area contributed by atoms with E-state index >= 15 is 0 Å². The van der Waals surface area contributed by atoms with Gasteiger partial charge in [-0.2, -0.15) is 0 Å². The number of hydrogen-bond donors (Lipinski definition) is 1. The van der Waals surface area contributed by atoms with Crippen LogP contribution in [-0.2, 0) is 14.6 Å². The minimum Gasteiger partial charge on any atom is -0.348 e. The van der Waals surface area contributed by atoms with Crippen LogP contribution < -0.4 is 5.32 Å². The predicted molar refractivity (Wildman–Crippen MR) is 106 cm³/mol. The quantitative estimate of drug-likeness (QED) is 0.796. The van der Waals surface area contributed by atoms with E-state index < -0.39 is 9.84 Å². The van der Waals surface area contributed by atoms with Gasteiger partial charge in [0.25, 0.3) is 0 Å². The van der Waals surface area contributed by atoms with E-state index in [1.807, 2.05) is 36.2 Å². The summed E-state index contributed by atoms with van der Waals surface area (Å²) in [5.74, 6) is 0.251. The molecule has 0 unspecified atom stereocenters. The number of amides is 1. The molecule has 0 radical (unpaired) electrons. The average molecular weight is 401 g/mol. The van der Waals surface area contributed by atoms with Gasteiger partial charge in [-0.3, -0.25) is 9.69 Å². The molecule has 0 saturated carbocycles. The molecular weight excluding hydrogens is 372 g/mol. The Morgan fingerprint density at radius 3 is 2.42 bits per heavy atom. The van der Waals surface area contributed by atoms with Crippen molar-refractivity contribution in [2.24, 2.45) is 5.41 Å². The van der Waals surface area contributed by atoms with E-state index in [4.69, 9.17) is 11.6 Å². The van der Waals surface area contributed by atoms with E-state index in [0.717, 1.165) is 12.0 Å². The van der Waals surface area contributed by atoms with E-state index in [1.165, 1.54) is 0 Å². The van der Waals surface area contributed by atoms with Crippen LogP contribution in [0, 0.1) is 5.41 Å². The van der Waals surface area contributed by atoms with Gasteiger partial charge >= 0.3 is 0 Å². The highest BCUT2D eigenvalue weighted by atomic mass is 35.5. The summed E-state index contributed by atoms with van der Waals surface area (Å²) in [6.45, 7) is 6.60. The third kappa shape index (κ3) is 6.56. The Kier molecular flexibility index (Phi) is 6.75. The molecule has 1 N–H and O–H groups in total. The number of carbonyl (C=O) groups excluding carboxylic acids is 1. The number of sulfone groups is 1. The number of halogens is 1. The van der Waals surface area contributed by atoms with Gasteiger partial charge in [0.15, 0.2) is 9.84 Å². The van der Waals surface area contributed by atoms with Crippen LogP contribution in [0.4, 0.5) is 0 Å². The second kappa shape index (κ2) is 8.28. The molecular formula is C19H29ClN2O3S. The molecule has 1 saturated heterocycles. The summed E-state index contributed by atoms with van der Waals surface area (Å²) < 4.78 is 23.3. The molecule has 1 aromatic rings. The lowest BCUT2D eigenvalue weighted by Crippen LogP contribution is -2.42. The fourth-order valence-corrected chi connectivity index (χ4v) is 5.21. The van der Waals surface area contributed by atoms with E-state index in [1.54, 1.807) is 0 Å². The van der Waals surface area contributed by atoms with Crippen LogP contribution in [0.3, 0.4) is 0 Å². The first-order valence-electron chi connectivity index (χ1n) is 8.91. The maximum atomic E-state index is 12.6. The van der Waals surface area contributed by atoms with Gasteiger partial charge in [0.1, 0.15) is 0 Å². The number of carbonyl (C=O) groups is 1. The zero-order chi connectivity index (χ0) is 19.5. The van der Waals surface area contributed by atoms with Gasteiger partial charge in [-0.1, -0.05) is 44.5 Å². The second-order valence-corrected chi connectivity index (χ2v) is 11.1. The summed E-state index contributed by atoms with van der Waals surface area (Å²) in [5, 5.41) is 3.77. The first-order chi connectivity index (χ1) is 12.0. The van der Waals surface area contributed by atoms with Crippen LogP contribution in [0.15, 0.2) is 24.3 Å². The second-order valence-electron chi connectivity index (χ2n) is 8.41. The van der Waals surface area contributed by atoms with Crippen molar-refractivity contribution in [2.45, 2.75) is 45.7 Å². The Morgan fingerprint density at radius 2 is 1.92 bits per heavy atom. The number of likely N-dealkylation sites (N-methyl/N-ethyl adjacent to an activating group) is 1. The first-order valence-corrected chi connectivity index (χ1v) is 11.1. The number of nitrogens with zero attached hydrogens (tertiary/aromatic N) is 1. The standard InChI is InChI=1S/C19H29ClN2O3S/c1-19(2,3)11-17(14-5-7-15(20)8-6-14)21-18(23)12-22(4)16-9-10-26(24,25)13-16/h5-8,16-17H,9-13H2,1-4H3,(H,21,23)/t16-,17+/m1/s1. The van der Waals surface area contributed by atoms with Gasteiger partial charge in [-0.25, -0.2) is 8.42 Å². The zero-order valence-corrected chi connectivity index (χ0v) is 17.5. The highest BCUT2D eigenvalue weighted by molar-refractivity contribution is 7.91. The molecule has 0 aromatic heterocycles. The predicted octanol–water partition coefficient (Wildman–Crippen LogP) is 3.05. The third-order valence-electron chi connectivity index (χ3n) is 4.65. The lowest BCUT2D eigenvalue weighted by Gasteiger charge is -2.29. The van der Waals surface area contributed by atoms with E-state index in [9.17, 15) is 13.2 Å². The van der Waals surface area contributed by atoms with Crippen molar-refractivity contribution in [1.82, 2.24) is 10.2 Å². The number of hydrogen-bond acceptors (Lipinski definition) is 4. The Balaban J connectivity index is 2.02. The lowest BCUT2D eigenvalue weighted by molar-refractivity contribution is -0.123. The minimum atomic E-state index is -2.96. The van der Waals surface area contributed by atoms with Gasteiger partial charge in [0.05, 0.1) is 24.1 Å². The Bertz CT molecular complexity index is 726. The molecule has 1 fully saturated rings. The number of nitrogens with one attached hydrogen (secondary N) is 1. The summed E-state index contributed by atoms with van der Waals surface area (Å²) in [7, 11) is -1.14. The van der Waals surface area contributed by atoms with Crippen LogP contribution in [-0.4, -0.2) is 50.4 Å². The number of rotatable bonds is 6. The van der Waals surface area contributed by atoms with Crippen molar-refractivity contribution in [2.75, 3.05) is 25.1 Å². The van der Waals surface area contributed by atoms with Crippen LogP contribution >= 0.6 is 11.6 Å². The Morgan fingerprint density at radius 1 is 1.31 bits per heavy atom. The molecule has 2 atom stereocenters. The zero-order valence-electron chi connectivity index (χ0n) is 16.0. The molecule has 7 heteroatoms. The summed E-state index contributed by atoms with van der Waals surface area (Å²) in [5.41, 5.74) is 1.06. The third-order valence-corrected chi connectivity index (χ3v) is 6.65. The highest BCUT2D eigenvalue weighted by Crippen LogP contribution is 2.30. The van der Waals surface area contributed by atoms with Gasteiger partial charge in [0, 0.05) is 11.1 Å². The van der Waals surface area contributed by atoms with E-state index in [0.29, 0.717) is 11.4 Å². The maximum Gasteiger partial charge on any atom is 0.234 e. The highest BCUT2D eigenvalue weighted by Gasteiger charge is 2.31. The average Bonchev–Trinajstić information content (AvgIpc) is 2.86. The topological polar surface area (TPSA) is 66.5 Å². The largest absolute Gasteiger partial charge is 0.348 e.